The number of halogens is 1. The lowest BCUT2D eigenvalue weighted by Gasteiger charge is -2.16. The van der Waals surface area contributed by atoms with E-state index in [4.69, 9.17) is 14.2 Å². The number of aromatic nitrogens is 3. The summed E-state index contributed by atoms with van der Waals surface area (Å²) in [6.07, 6.45) is -1.58. The third-order valence-corrected chi connectivity index (χ3v) is 6.20. The van der Waals surface area contributed by atoms with Crippen molar-refractivity contribution in [3.63, 3.8) is 0 Å². The van der Waals surface area contributed by atoms with Crippen LogP contribution >= 0.6 is 21.6 Å². The molecule has 1 saturated heterocycles. The van der Waals surface area contributed by atoms with E-state index in [-0.39, 0.29) is 19.6 Å². The van der Waals surface area contributed by atoms with Crippen molar-refractivity contribution in [1.82, 2.24) is 14.5 Å². The first kappa shape index (κ1) is 22.3. The highest BCUT2D eigenvalue weighted by atomic mass is 33.1. The average molecular weight is 459 g/mol. The van der Waals surface area contributed by atoms with Crippen LogP contribution in [-0.4, -0.2) is 57.0 Å². The summed E-state index contributed by atoms with van der Waals surface area (Å²) in [6.45, 7) is -0.195. The van der Waals surface area contributed by atoms with Crippen LogP contribution in [0.5, 0.6) is 0 Å². The van der Waals surface area contributed by atoms with Crippen LogP contribution < -0.4 is 11.2 Å². The van der Waals surface area contributed by atoms with Crippen LogP contribution in [0.4, 0.5) is 9.18 Å². The van der Waals surface area contributed by atoms with E-state index in [0.29, 0.717) is 11.9 Å². The molecule has 13 heteroatoms. The molecule has 2 aromatic heterocycles. The topological polar surface area (TPSA) is 133 Å². The number of nitrogens with one attached hydrogen (secondary N) is 1. The zero-order valence-corrected chi connectivity index (χ0v) is 17.1. The van der Waals surface area contributed by atoms with Crippen LogP contribution in [0.15, 0.2) is 45.2 Å². The maximum Gasteiger partial charge on any atom is 0.508 e. The number of H-pyrrole nitrogens is 1. The summed E-state index contributed by atoms with van der Waals surface area (Å²) in [7, 11) is 2.91. The van der Waals surface area contributed by atoms with Gasteiger partial charge in [-0.3, -0.25) is 14.3 Å². The van der Waals surface area contributed by atoms with Gasteiger partial charge in [0.25, 0.3) is 5.56 Å². The van der Waals surface area contributed by atoms with Gasteiger partial charge in [0.2, 0.25) is 5.82 Å². The number of aliphatic hydroxyl groups excluding tert-OH is 1. The van der Waals surface area contributed by atoms with E-state index >= 15 is 0 Å². The number of hydrogen-bond acceptors (Lipinski definition) is 10. The molecule has 0 amide bonds. The maximum absolute atomic E-state index is 13.4. The Morgan fingerprint density at radius 3 is 3.00 bits per heavy atom. The van der Waals surface area contributed by atoms with Crippen molar-refractivity contribution in [3.05, 3.63) is 57.2 Å². The van der Waals surface area contributed by atoms with E-state index in [0.717, 1.165) is 9.59 Å². The van der Waals surface area contributed by atoms with Crippen molar-refractivity contribution in [2.45, 2.75) is 29.9 Å². The number of rotatable bonds is 8. The van der Waals surface area contributed by atoms with Gasteiger partial charge in [-0.25, -0.2) is 14.6 Å². The second kappa shape index (κ2) is 10.6. The first-order chi connectivity index (χ1) is 14.4. The second-order valence-corrected chi connectivity index (χ2v) is 8.49. The average Bonchev–Trinajstić information content (AvgIpc) is 3.10. The molecule has 0 saturated carbocycles. The minimum atomic E-state index is -1.16. The fourth-order valence-corrected chi connectivity index (χ4v) is 4.27. The van der Waals surface area contributed by atoms with Crippen molar-refractivity contribution in [2.75, 3.05) is 19.0 Å². The van der Waals surface area contributed by atoms with Crippen LogP contribution in [0.1, 0.15) is 12.6 Å². The molecule has 0 spiro atoms. The Labute approximate surface area is 177 Å². The van der Waals surface area contributed by atoms with Gasteiger partial charge in [-0.05, 0) is 22.9 Å². The summed E-state index contributed by atoms with van der Waals surface area (Å²) in [6, 6.07) is 5.55. The van der Waals surface area contributed by atoms with Crippen molar-refractivity contribution in [2.24, 2.45) is 0 Å². The number of nitrogens with zero attached hydrogens (tertiary/aromatic N) is 2. The fraction of sp³-hybridized carbons (Fsp3) is 0.412. The van der Waals surface area contributed by atoms with Crippen LogP contribution in [0.3, 0.4) is 0 Å². The lowest BCUT2D eigenvalue weighted by molar-refractivity contribution is -0.0584. The van der Waals surface area contributed by atoms with Crippen LogP contribution in [0, 0.1) is 5.82 Å². The van der Waals surface area contributed by atoms with E-state index in [2.05, 4.69) is 4.98 Å². The summed E-state index contributed by atoms with van der Waals surface area (Å²) in [5, 5.41) is 10.9. The first-order valence-corrected chi connectivity index (χ1v) is 11.1. The molecule has 3 heterocycles. The molecule has 162 valence electrons. The maximum atomic E-state index is 13.4. The van der Waals surface area contributed by atoms with Gasteiger partial charge in [-0.1, -0.05) is 16.9 Å². The van der Waals surface area contributed by atoms with Gasteiger partial charge >= 0.3 is 11.8 Å². The van der Waals surface area contributed by atoms with Crippen LogP contribution in [0.2, 0.25) is 0 Å². The largest absolute Gasteiger partial charge is 0.508 e. The SMILES string of the molecule is O=C(OCCSSc1ccccn1)OC[C@H]1O[C@@H](n2cc(F)c(=O)[nH]c2=O)C[C@@H]1O. The lowest BCUT2D eigenvalue weighted by Crippen LogP contribution is -2.34. The molecule has 30 heavy (non-hydrogen) atoms. The highest BCUT2D eigenvalue weighted by molar-refractivity contribution is 8.76. The molecule has 0 radical (unpaired) electrons. The Hall–Kier alpha value is -2.35. The van der Waals surface area contributed by atoms with Gasteiger partial charge in [0, 0.05) is 18.4 Å². The minimum absolute atomic E-state index is 0.0458. The van der Waals surface area contributed by atoms with Crippen molar-refractivity contribution in [1.29, 1.82) is 0 Å². The van der Waals surface area contributed by atoms with Gasteiger partial charge in [-0.2, -0.15) is 4.39 Å². The molecule has 1 aliphatic rings. The molecular formula is C17H18FN3O7S2. The third-order valence-electron chi connectivity index (χ3n) is 3.97. The Balaban J connectivity index is 1.38. The Kier molecular flexibility index (Phi) is 7.90. The predicted molar refractivity (Wildman–Crippen MR) is 106 cm³/mol. The van der Waals surface area contributed by atoms with E-state index in [1.165, 1.54) is 21.6 Å². The molecule has 2 aromatic rings. The van der Waals surface area contributed by atoms with Crippen molar-refractivity contribution < 1.29 is 28.5 Å². The summed E-state index contributed by atoms with van der Waals surface area (Å²) in [5.74, 6) is -0.642. The number of aromatic amines is 1. The van der Waals surface area contributed by atoms with Gasteiger partial charge < -0.3 is 19.3 Å². The smallest absolute Gasteiger partial charge is 0.433 e. The molecule has 2 N–H and O–H groups in total. The van der Waals surface area contributed by atoms with Crippen molar-refractivity contribution in [3.8, 4) is 0 Å². The zero-order valence-electron chi connectivity index (χ0n) is 15.4. The molecule has 0 aliphatic carbocycles. The number of ether oxygens (including phenoxy) is 3. The molecule has 10 nitrogen and oxygen atoms in total. The standard InChI is InChI=1S/C17H18FN3O7S2/c18-10-8-21(16(24)20-15(10)23)14-7-11(22)12(28-14)9-27-17(25)26-5-6-29-30-13-3-1-2-4-19-13/h1-4,8,11-12,14,22H,5-7,9H2,(H,20,23,24)/t11-,12+,14+/m0/s1. The van der Waals surface area contributed by atoms with Gasteiger partial charge in [0.15, 0.2) is 0 Å². The summed E-state index contributed by atoms with van der Waals surface area (Å²) in [5.41, 5.74) is -2.02. The minimum Gasteiger partial charge on any atom is -0.433 e. The van der Waals surface area contributed by atoms with E-state index in [1.807, 2.05) is 23.2 Å². The molecule has 0 unspecified atom stereocenters. The summed E-state index contributed by atoms with van der Waals surface area (Å²) in [4.78, 5) is 40.5. The molecule has 3 atom stereocenters. The summed E-state index contributed by atoms with van der Waals surface area (Å²) < 4.78 is 29.6. The molecule has 1 fully saturated rings. The zero-order chi connectivity index (χ0) is 21.5. The van der Waals surface area contributed by atoms with E-state index in [1.54, 1.807) is 6.20 Å². The fourth-order valence-electron chi connectivity index (χ4n) is 2.56. The van der Waals surface area contributed by atoms with Gasteiger partial charge in [-0.15, -0.1) is 0 Å². The van der Waals surface area contributed by atoms with Crippen LogP contribution in [-0.2, 0) is 14.2 Å². The molecule has 1 aliphatic heterocycles. The predicted octanol–water partition coefficient (Wildman–Crippen LogP) is 1.31. The van der Waals surface area contributed by atoms with E-state index < -0.39 is 41.7 Å². The molecular weight excluding hydrogens is 441 g/mol. The van der Waals surface area contributed by atoms with Crippen molar-refractivity contribution >= 4 is 27.7 Å². The second-order valence-electron chi connectivity index (χ2n) is 6.06. The third kappa shape index (κ3) is 6.08. The number of pyridine rings is 1. The number of carbonyl (C=O) groups excluding carboxylic acids is 1. The Morgan fingerprint density at radius 1 is 1.40 bits per heavy atom. The summed E-state index contributed by atoms with van der Waals surface area (Å²) >= 11 is 0. The normalized spacial score (nSPS) is 20.8. The van der Waals surface area contributed by atoms with Gasteiger partial charge in [0.05, 0.1) is 12.3 Å². The Bertz CT molecular complexity index is 972. The lowest BCUT2D eigenvalue weighted by atomic mass is 10.2. The quantitative estimate of drug-likeness (QED) is 0.338. The Morgan fingerprint density at radius 2 is 2.23 bits per heavy atom. The molecule has 3 rings (SSSR count). The van der Waals surface area contributed by atoms with E-state index in [9.17, 15) is 23.9 Å². The van der Waals surface area contributed by atoms with Crippen LogP contribution in [0.25, 0.3) is 0 Å². The highest BCUT2D eigenvalue weighted by Crippen LogP contribution is 2.29. The highest BCUT2D eigenvalue weighted by Gasteiger charge is 2.36. The number of hydrogen-bond donors (Lipinski definition) is 2. The monoisotopic (exact) mass is 459 g/mol. The number of aliphatic hydroxyl groups is 1. The first-order valence-electron chi connectivity index (χ1n) is 8.78. The number of carbonyl (C=O) groups is 1. The molecule has 0 bridgehead atoms. The van der Waals surface area contributed by atoms with Gasteiger partial charge in [0.1, 0.15) is 30.6 Å². The molecule has 0 aromatic carbocycles.